The van der Waals surface area contributed by atoms with Gasteiger partial charge in [0.05, 0.1) is 0 Å². The second-order valence-corrected chi connectivity index (χ2v) is 9.67. The van der Waals surface area contributed by atoms with Crippen molar-refractivity contribution in [3.8, 4) is 18.1 Å². The normalized spacial score (nSPS) is 12.0. The lowest BCUT2D eigenvalue weighted by Gasteiger charge is -2.28. The van der Waals surface area contributed by atoms with Crippen molar-refractivity contribution < 1.29 is 9.90 Å². The zero-order chi connectivity index (χ0) is 20.7. The van der Waals surface area contributed by atoms with Gasteiger partial charge in [-0.1, -0.05) is 67.2 Å². The molecule has 2 nitrogen and oxygen atoms in total. The molecule has 150 valence electrons. The van der Waals surface area contributed by atoms with Crippen LogP contribution in [0.3, 0.4) is 0 Å². The molecule has 0 aromatic heterocycles. The van der Waals surface area contributed by atoms with E-state index in [0.29, 0.717) is 12.2 Å². The number of phenols is 1. The molecule has 0 bridgehead atoms. The molecule has 0 saturated carbocycles. The van der Waals surface area contributed by atoms with E-state index in [1.807, 2.05) is 12.1 Å². The van der Waals surface area contributed by atoms with Crippen LogP contribution < -0.4 is 0 Å². The minimum atomic E-state index is -0.210. The first-order valence-corrected chi connectivity index (χ1v) is 10.3. The summed E-state index contributed by atoms with van der Waals surface area (Å²) in [7, 11) is 0. The molecule has 0 aliphatic carbocycles. The summed E-state index contributed by atoms with van der Waals surface area (Å²) in [6.07, 6.45) is 13.3. The molecule has 2 heteroatoms. The van der Waals surface area contributed by atoms with Gasteiger partial charge in [0.15, 0.2) is 5.78 Å². The number of hydrogen-bond acceptors (Lipinski definition) is 2. The van der Waals surface area contributed by atoms with E-state index in [1.54, 1.807) is 0 Å². The van der Waals surface area contributed by atoms with Crippen LogP contribution in [0.4, 0.5) is 0 Å². The van der Waals surface area contributed by atoms with Gasteiger partial charge in [-0.2, -0.15) is 0 Å². The monoisotopic (exact) mass is 370 g/mol. The fourth-order valence-electron chi connectivity index (χ4n) is 3.30. The van der Waals surface area contributed by atoms with Gasteiger partial charge >= 0.3 is 0 Å². The van der Waals surface area contributed by atoms with Gasteiger partial charge in [0.2, 0.25) is 0 Å². The van der Waals surface area contributed by atoms with E-state index in [0.717, 1.165) is 48.8 Å². The maximum absolute atomic E-state index is 12.8. The highest BCUT2D eigenvalue weighted by Gasteiger charge is 2.27. The molecular weight excluding hydrogens is 332 g/mol. The number of carbonyl (C=O) groups excluding carboxylic acids is 1. The maximum atomic E-state index is 12.8. The Morgan fingerprint density at radius 3 is 1.78 bits per heavy atom. The number of hydrogen-bond donors (Lipinski definition) is 1. The van der Waals surface area contributed by atoms with Crippen molar-refractivity contribution >= 4 is 5.78 Å². The third kappa shape index (κ3) is 7.41. The van der Waals surface area contributed by atoms with Crippen molar-refractivity contribution in [1.82, 2.24) is 0 Å². The third-order valence-electron chi connectivity index (χ3n) is 5.02. The molecule has 0 saturated heterocycles. The highest BCUT2D eigenvalue weighted by molar-refractivity contribution is 5.96. The first kappa shape index (κ1) is 23.3. The Balaban J connectivity index is 2.78. The van der Waals surface area contributed by atoms with Crippen LogP contribution in [0, 0.1) is 12.3 Å². The van der Waals surface area contributed by atoms with Crippen LogP contribution in [-0.4, -0.2) is 10.9 Å². The molecule has 0 spiro atoms. The van der Waals surface area contributed by atoms with Gasteiger partial charge in [-0.25, -0.2) is 0 Å². The van der Waals surface area contributed by atoms with Crippen LogP contribution in [0.15, 0.2) is 12.1 Å². The topological polar surface area (TPSA) is 37.3 Å². The number of unbranched alkanes of at least 4 members (excludes halogenated alkanes) is 6. The second-order valence-electron chi connectivity index (χ2n) is 9.67. The van der Waals surface area contributed by atoms with E-state index in [9.17, 15) is 9.90 Å². The molecule has 0 amide bonds. The molecule has 1 N–H and O–H groups in total. The third-order valence-corrected chi connectivity index (χ3v) is 5.02. The number of terminal acetylenes is 1. The van der Waals surface area contributed by atoms with Crippen molar-refractivity contribution in [2.24, 2.45) is 0 Å². The van der Waals surface area contributed by atoms with E-state index >= 15 is 0 Å². The van der Waals surface area contributed by atoms with Crippen molar-refractivity contribution in [1.29, 1.82) is 0 Å². The first-order valence-electron chi connectivity index (χ1n) is 10.3. The van der Waals surface area contributed by atoms with Crippen molar-refractivity contribution in [3.05, 3.63) is 28.8 Å². The number of ketones is 1. The van der Waals surface area contributed by atoms with Gasteiger partial charge in [0, 0.05) is 29.5 Å². The van der Waals surface area contributed by atoms with E-state index in [4.69, 9.17) is 6.42 Å². The summed E-state index contributed by atoms with van der Waals surface area (Å²) in [5, 5.41) is 10.8. The summed E-state index contributed by atoms with van der Waals surface area (Å²) in [5.41, 5.74) is 2.02. The molecular formula is C25H38O2. The predicted octanol–water partition coefficient (Wildman–Crippen LogP) is 6.92. The smallest absolute Gasteiger partial charge is 0.162 e. The Labute approximate surface area is 166 Å². The van der Waals surface area contributed by atoms with Crippen LogP contribution in [0.1, 0.15) is 114 Å². The van der Waals surface area contributed by atoms with E-state index in [-0.39, 0.29) is 16.6 Å². The molecule has 1 aromatic rings. The van der Waals surface area contributed by atoms with Gasteiger partial charge in [0.1, 0.15) is 5.75 Å². The molecule has 1 rings (SSSR count). The molecule has 0 unspecified atom stereocenters. The summed E-state index contributed by atoms with van der Waals surface area (Å²) in [4.78, 5) is 12.8. The molecule has 1 aromatic carbocycles. The van der Waals surface area contributed by atoms with Crippen LogP contribution in [0.5, 0.6) is 5.75 Å². The number of aromatic hydroxyl groups is 1. The average molecular weight is 371 g/mol. The van der Waals surface area contributed by atoms with Gasteiger partial charge in [0.25, 0.3) is 0 Å². The minimum absolute atomic E-state index is 0.179. The summed E-state index contributed by atoms with van der Waals surface area (Å²) in [6, 6.07) is 3.79. The molecule has 0 fully saturated rings. The van der Waals surface area contributed by atoms with Crippen molar-refractivity contribution in [2.45, 2.75) is 104 Å². The zero-order valence-corrected chi connectivity index (χ0v) is 18.2. The summed E-state index contributed by atoms with van der Waals surface area (Å²) in [6.45, 7) is 12.4. The van der Waals surface area contributed by atoms with E-state index in [2.05, 4.69) is 47.5 Å². The lowest BCUT2D eigenvalue weighted by molar-refractivity contribution is 0.0979. The number of carbonyl (C=O) groups is 1. The van der Waals surface area contributed by atoms with E-state index < -0.39 is 0 Å². The van der Waals surface area contributed by atoms with Crippen molar-refractivity contribution in [3.63, 3.8) is 0 Å². The predicted molar refractivity (Wildman–Crippen MR) is 116 cm³/mol. The lowest BCUT2D eigenvalue weighted by Crippen LogP contribution is -2.18. The Morgan fingerprint density at radius 2 is 1.33 bits per heavy atom. The number of rotatable bonds is 9. The van der Waals surface area contributed by atoms with Gasteiger partial charge < -0.3 is 5.11 Å². The average Bonchev–Trinajstić information content (AvgIpc) is 2.55. The summed E-state index contributed by atoms with van der Waals surface area (Å²) < 4.78 is 0. The Hall–Kier alpha value is -1.75. The molecule has 0 aliphatic rings. The minimum Gasteiger partial charge on any atom is -0.507 e. The first-order chi connectivity index (χ1) is 12.5. The number of phenolic OH excluding ortho intramolecular Hbond substituents is 1. The Kier molecular flexibility index (Phi) is 8.60. The fourth-order valence-corrected chi connectivity index (χ4v) is 3.30. The van der Waals surface area contributed by atoms with Crippen LogP contribution >= 0.6 is 0 Å². The molecule has 0 radical (unpaired) electrons. The maximum Gasteiger partial charge on any atom is 0.162 e. The van der Waals surface area contributed by atoms with Crippen molar-refractivity contribution in [2.75, 3.05) is 0 Å². The summed E-state index contributed by atoms with van der Waals surface area (Å²) in [5.74, 6) is 3.19. The SMILES string of the molecule is C#CCCCCCCCCC(=O)c1cc(C(C)(C)C)c(O)c(C(C)(C)C)c1. The van der Waals surface area contributed by atoms with Crippen LogP contribution in [-0.2, 0) is 10.8 Å². The van der Waals surface area contributed by atoms with E-state index in [1.165, 1.54) is 12.8 Å². The Morgan fingerprint density at radius 1 is 0.889 bits per heavy atom. The highest BCUT2D eigenvalue weighted by atomic mass is 16.3. The second kappa shape index (κ2) is 9.98. The van der Waals surface area contributed by atoms with Crippen LogP contribution in [0.25, 0.3) is 0 Å². The van der Waals surface area contributed by atoms with Gasteiger partial charge in [-0.15, -0.1) is 12.3 Å². The fraction of sp³-hybridized carbons (Fsp3) is 0.640. The zero-order valence-electron chi connectivity index (χ0n) is 18.2. The quantitative estimate of drug-likeness (QED) is 0.291. The van der Waals surface area contributed by atoms with Crippen LogP contribution in [0.2, 0.25) is 0 Å². The largest absolute Gasteiger partial charge is 0.507 e. The van der Waals surface area contributed by atoms with Gasteiger partial charge in [-0.3, -0.25) is 4.79 Å². The molecule has 0 heterocycles. The number of benzene rings is 1. The highest BCUT2D eigenvalue weighted by Crippen LogP contribution is 2.40. The summed E-state index contributed by atoms with van der Waals surface area (Å²) >= 11 is 0. The Bertz CT molecular complexity index is 628. The van der Waals surface area contributed by atoms with Gasteiger partial charge in [-0.05, 0) is 35.8 Å². The molecule has 0 atom stereocenters. The molecule has 27 heavy (non-hydrogen) atoms. The molecule has 0 aliphatic heterocycles. The number of Topliss-reactive ketones (excluding diaryl/α,β-unsaturated/α-hetero) is 1. The lowest BCUT2D eigenvalue weighted by atomic mass is 9.78. The standard InChI is InChI=1S/C25H38O2/c1-8-9-10-11-12-13-14-15-16-22(26)19-17-20(24(2,3)4)23(27)21(18-19)25(5,6)7/h1,17-18,27H,9-16H2,2-7H3.